The molecule has 1 aromatic heterocycles. The second-order valence-electron chi connectivity index (χ2n) is 10.5. The molecule has 5 rings (SSSR count). The summed E-state index contributed by atoms with van der Waals surface area (Å²) < 4.78 is 0. The SMILES string of the molecule is CC(C)(CO)C(=O)N1CCN(C(=O)c2cc(-c3ccc(O)cc3)nc3c2C(/C=C/c2ccccc2)=NC3)CC1. The molecule has 0 spiro atoms. The lowest BCUT2D eigenvalue weighted by Crippen LogP contribution is -2.54. The number of pyridine rings is 1. The summed E-state index contributed by atoms with van der Waals surface area (Å²) in [5, 5.41) is 19.3. The number of amides is 2. The van der Waals surface area contributed by atoms with Gasteiger partial charge in [0.05, 0.1) is 41.2 Å². The van der Waals surface area contributed by atoms with Gasteiger partial charge >= 0.3 is 0 Å². The highest BCUT2D eigenvalue weighted by Crippen LogP contribution is 2.30. The van der Waals surface area contributed by atoms with Crippen LogP contribution in [0.5, 0.6) is 5.75 Å². The number of piperazine rings is 1. The maximum Gasteiger partial charge on any atom is 0.254 e. The summed E-state index contributed by atoms with van der Waals surface area (Å²) in [5.41, 5.74) is 4.30. The number of rotatable bonds is 6. The van der Waals surface area contributed by atoms with Crippen molar-refractivity contribution in [1.82, 2.24) is 14.8 Å². The molecular weight excluding hydrogens is 492 g/mol. The largest absolute Gasteiger partial charge is 0.508 e. The summed E-state index contributed by atoms with van der Waals surface area (Å²) in [6.45, 7) is 5.18. The highest BCUT2D eigenvalue weighted by Gasteiger charge is 2.35. The Morgan fingerprint density at radius 3 is 2.28 bits per heavy atom. The number of phenols is 1. The number of aliphatic imine (C=N–C) groups is 1. The third kappa shape index (κ3) is 5.47. The zero-order valence-corrected chi connectivity index (χ0v) is 22.2. The molecule has 0 atom stereocenters. The predicted octanol–water partition coefficient (Wildman–Crippen LogP) is 3.77. The minimum atomic E-state index is -0.854. The van der Waals surface area contributed by atoms with Gasteiger partial charge in [0.15, 0.2) is 0 Å². The minimum absolute atomic E-state index is 0.114. The highest BCUT2D eigenvalue weighted by molar-refractivity contribution is 6.18. The molecule has 39 heavy (non-hydrogen) atoms. The van der Waals surface area contributed by atoms with E-state index in [0.29, 0.717) is 49.7 Å². The highest BCUT2D eigenvalue weighted by atomic mass is 16.3. The number of carbonyl (C=O) groups excluding carboxylic acids is 2. The first kappa shape index (κ1) is 26.3. The Balaban J connectivity index is 1.46. The van der Waals surface area contributed by atoms with E-state index < -0.39 is 5.41 Å². The Morgan fingerprint density at radius 2 is 1.62 bits per heavy atom. The number of carbonyl (C=O) groups is 2. The van der Waals surface area contributed by atoms with E-state index in [9.17, 15) is 19.8 Å². The van der Waals surface area contributed by atoms with Gasteiger partial charge < -0.3 is 20.0 Å². The Labute approximate surface area is 227 Å². The first-order valence-electron chi connectivity index (χ1n) is 13.1. The average molecular weight is 525 g/mol. The molecule has 0 bridgehead atoms. The summed E-state index contributed by atoms with van der Waals surface area (Å²) in [7, 11) is 0. The standard InChI is InChI=1S/C31H32N4O4/c1-31(2,20-36)30(39)35-16-14-34(15-17-35)29(38)24-18-26(22-9-11-23(37)12-10-22)33-27-19-32-25(28(24)27)13-8-21-6-4-3-5-7-21/h3-13,18,36-37H,14-17,19-20H2,1-2H3/b13-8+. The van der Waals surface area contributed by atoms with Crippen LogP contribution in [0.1, 0.15) is 41.0 Å². The van der Waals surface area contributed by atoms with Crippen LogP contribution in [-0.4, -0.2) is 75.3 Å². The molecule has 0 unspecified atom stereocenters. The number of allylic oxidation sites excluding steroid dienone is 1. The fourth-order valence-corrected chi connectivity index (χ4v) is 4.84. The van der Waals surface area contributed by atoms with E-state index in [1.165, 1.54) is 0 Å². The van der Waals surface area contributed by atoms with Crippen molar-refractivity contribution >= 4 is 23.6 Å². The normalized spacial score (nSPS) is 15.4. The van der Waals surface area contributed by atoms with Gasteiger partial charge in [0.1, 0.15) is 5.75 Å². The van der Waals surface area contributed by atoms with E-state index in [1.807, 2.05) is 42.5 Å². The van der Waals surface area contributed by atoms with Gasteiger partial charge in [-0.2, -0.15) is 0 Å². The van der Waals surface area contributed by atoms with Crippen molar-refractivity contribution in [2.45, 2.75) is 20.4 Å². The van der Waals surface area contributed by atoms with Crippen molar-refractivity contribution in [3.63, 3.8) is 0 Å². The first-order chi connectivity index (χ1) is 18.8. The number of hydrogen-bond donors (Lipinski definition) is 2. The molecule has 0 saturated carbocycles. The van der Waals surface area contributed by atoms with E-state index in [-0.39, 0.29) is 24.2 Å². The van der Waals surface area contributed by atoms with Crippen molar-refractivity contribution in [3.8, 4) is 17.0 Å². The maximum absolute atomic E-state index is 14.0. The second-order valence-corrected chi connectivity index (χ2v) is 10.5. The Kier molecular flexibility index (Phi) is 7.30. The van der Waals surface area contributed by atoms with Gasteiger partial charge in [-0.25, -0.2) is 0 Å². The van der Waals surface area contributed by atoms with Crippen LogP contribution in [0.4, 0.5) is 0 Å². The number of phenolic OH excluding ortho intramolecular Hbond substituents is 1. The molecule has 8 heteroatoms. The summed E-state index contributed by atoms with van der Waals surface area (Å²) >= 11 is 0. The van der Waals surface area contributed by atoms with Gasteiger partial charge in [0.2, 0.25) is 5.91 Å². The molecule has 1 fully saturated rings. The summed E-state index contributed by atoms with van der Waals surface area (Å²) in [6.07, 6.45) is 3.90. The maximum atomic E-state index is 14.0. The third-order valence-electron chi connectivity index (χ3n) is 7.20. The van der Waals surface area contributed by atoms with Crippen molar-refractivity contribution in [1.29, 1.82) is 0 Å². The van der Waals surface area contributed by atoms with Crippen LogP contribution in [0, 0.1) is 5.41 Å². The van der Waals surface area contributed by atoms with E-state index in [2.05, 4.69) is 0 Å². The molecule has 3 heterocycles. The molecule has 1 saturated heterocycles. The van der Waals surface area contributed by atoms with Crippen LogP contribution in [0.3, 0.4) is 0 Å². The quantitative estimate of drug-likeness (QED) is 0.511. The number of fused-ring (bicyclic) bond motifs is 1. The molecule has 200 valence electrons. The number of aromatic hydroxyl groups is 1. The number of hydrogen-bond acceptors (Lipinski definition) is 6. The second kappa shape index (κ2) is 10.8. The first-order valence-corrected chi connectivity index (χ1v) is 13.1. The van der Waals surface area contributed by atoms with Gasteiger partial charge in [-0.1, -0.05) is 36.4 Å². The minimum Gasteiger partial charge on any atom is -0.508 e. The Hall–Kier alpha value is -4.30. The molecule has 0 radical (unpaired) electrons. The van der Waals surface area contributed by atoms with Crippen LogP contribution in [-0.2, 0) is 11.3 Å². The van der Waals surface area contributed by atoms with Crippen molar-refractivity contribution < 1.29 is 19.8 Å². The Morgan fingerprint density at radius 1 is 0.949 bits per heavy atom. The molecule has 0 aliphatic carbocycles. The van der Waals surface area contributed by atoms with Crippen LogP contribution >= 0.6 is 0 Å². The van der Waals surface area contributed by atoms with Gasteiger partial charge in [0, 0.05) is 37.3 Å². The van der Waals surface area contributed by atoms with Crippen LogP contribution < -0.4 is 0 Å². The van der Waals surface area contributed by atoms with Gasteiger partial charge in [0.25, 0.3) is 5.91 Å². The van der Waals surface area contributed by atoms with Gasteiger partial charge in [-0.05, 0) is 55.8 Å². The third-order valence-corrected chi connectivity index (χ3v) is 7.20. The van der Waals surface area contributed by atoms with E-state index >= 15 is 0 Å². The lowest BCUT2D eigenvalue weighted by Gasteiger charge is -2.38. The number of aliphatic hydroxyl groups excluding tert-OH is 1. The van der Waals surface area contributed by atoms with Gasteiger partial charge in [-0.3, -0.25) is 19.6 Å². The van der Waals surface area contributed by atoms with Crippen molar-refractivity contribution in [2.75, 3.05) is 32.8 Å². The zero-order chi connectivity index (χ0) is 27.6. The molecular formula is C31H32N4O4. The van der Waals surface area contributed by atoms with E-state index in [0.717, 1.165) is 22.4 Å². The van der Waals surface area contributed by atoms with E-state index in [4.69, 9.17) is 9.98 Å². The summed E-state index contributed by atoms with van der Waals surface area (Å²) in [5.74, 6) is -0.0911. The fraction of sp³-hybridized carbons (Fsp3) is 0.290. The van der Waals surface area contributed by atoms with E-state index in [1.54, 1.807) is 54.0 Å². The average Bonchev–Trinajstić information content (AvgIpc) is 3.39. The smallest absolute Gasteiger partial charge is 0.254 e. The number of nitrogens with zero attached hydrogens (tertiary/aromatic N) is 4. The molecule has 2 N–H and O–H groups in total. The molecule has 2 amide bonds. The number of aliphatic hydroxyl groups is 1. The molecule has 2 aliphatic heterocycles. The lowest BCUT2D eigenvalue weighted by atomic mass is 9.92. The summed E-state index contributed by atoms with van der Waals surface area (Å²) in [4.78, 5) is 39.8. The number of aromatic nitrogens is 1. The fourth-order valence-electron chi connectivity index (χ4n) is 4.84. The van der Waals surface area contributed by atoms with Crippen LogP contribution in [0.15, 0.2) is 71.7 Å². The Bertz CT molecular complexity index is 1440. The van der Waals surface area contributed by atoms with Crippen LogP contribution in [0.2, 0.25) is 0 Å². The van der Waals surface area contributed by atoms with Crippen molar-refractivity contribution in [2.24, 2.45) is 10.4 Å². The molecule has 8 nitrogen and oxygen atoms in total. The van der Waals surface area contributed by atoms with Crippen molar-refractivity contribution in [3.05, 3.63) is 89.1 Å². The molecule has 2 aromatic carbocycles. The zero-order valence-electron chi connectivity index (χ0n) is 22.2. The summed E-state index contributed by atoms with van der Waals surface area (Å²) in [6, 6.07) is 18.5. The topological polar surface area (TPSA) is 106 Å². The molecule has 3 aromatic rings. The monoisotopic (exact) mass is 524 g/mol. The number of benzene rings is 2. The molecule has 2 aliphatic rings. The van der Waals surface area contributed by atoms with Gasteiger partial charge in [-0.15, -0.1) is 0 Å². The lowest BCUT2D eigenvalue weighted by molar-refractivity contribution is -0.143. The predicted molar refractivity (Wildman–Crippen MR) is 150 cm³/mol. The van der Waals surface area contributed by atoms with Crippen LogP contribution in [0.25, 0.3) is 17.3 Å².